The number of ether oxygens (including phenoxy) is 13. The molecule has 0 radical (unpaired) electrons. The minimum atomic E-state index is -4.75. The maximum Gasteiger partial charge on any atom is 0.359 e. The highest BCUT2D eigenvalue weighted by Gasteiger charge is 2.59. The van der Waals surface area contributed by atoms with Gasteiger partial charge in [-0.15, -0.1) is 0 Å². The Hall–Kier alpha value is -2.11. The Morgan fingerprint density at radius 2 is 0.856 bits per heavy atom. The van der Waals surface area contributed by atoms with Crippen LogP contribution in [-0.2, 0) is 80.3 Å². The van der Waals surface area contributed by atoms with E-state index in [-0.39, 0.29) is 19.3 Å². The zero-order valence-corrected chi connectivity index (χ0v) is 51.3. The normalized spacial score (nSPS) is 43.6. The monoisotopic (exact) mass is 1340 g/mol. The molecule has 6 rings (SSSR count). The molecule has 6 aliphatic heterocycles. The lowest BCUT2D eigenvalue weighted by Crippen LogP contribution is -2.71. The third kappa shape index (κ3) is 18.3. The molecule has 0 aromatic carbocycles. The standard InChI is InChI=1S/C52H94N3O34P/c1-19(2)76-17-27-32(64)37(69)40(72)50(84-27)87-44-29(54-20(3)61)47(80-24(14-58)33(44)65)85-42-25(15-59)83-51(41(73)38(42)70)86-43-26(16-60)82-48(30(55-21(4)62)45(43)88-49-39(71)36(68)31(63)22(12-56)81-49)89-46-34(66)23(13-57)79-28(35(46)67)18-78-90(74,75)52(5,6)77-11-9-7-8-10-53/h19,22-51,56-60,63-73H,7-18,53H2,1-6H3,(H,54,61)(H,55,62)(H,74,75). The van der Waals surface area contributed by atoms with Gasteiger partial charge in [-0.05, 0) is 53.5 Å². The summed E-state index contributed by atoms with van der Waals surface area (Å²) in [4.78, 5) is 37.1. The number of amides is 2. The van der Waals surface area contributed by atoms with Gasteiger partial charge in [-0.1, -0.05) is 0 Å². The Morgan fingerprint density at radius 1 is 0.467 bits per heavy atom. The van der Waals surface area contributed by atoms with E-state index in [2.05, 4.69) is 10.6 Å². The Morgan fingerprint density at radius 3 is 1.39 bits per heavy atom. The first kappa shape index (κ1) is 76.9. The molecule has 0 spiro atoms. The third-order valence-electron chi connectivity index (χ3n) is 16.2. The van der Waals surface area contributed by atoms with Gasteiger partial charge in [0.25, 0.3) is 0 Å². The molecule has 6 heterocycles. The fraction of sp³-hybridized carbons (Fsp3) is 0.962. The molecule has 38 heteroatoms. The van der Waals surface area contributed by atoms with E-state index in [0.29, 0.717) is 25.8 Å². The van der Waals surface area contributed by atoms with Crippen molar-refractivity contribution in [3.05, 3.63) is 0 Å². The smallest absolute Gasteiger partial charge is 0.359 e. The van der Waals surface area contributed by atoms with E-state index in [4.69, 9.17) is 71.8 Å². The zero-order valence-electron chi connectivity index (χ0n) is 50.5. The number of carbonyl (C=O) groups excluding carboxylic acids is 2. The van der Waals surface area contributed by atoms with E-state index in [1.165, 1.54) is 13.8 Å². The summed E-state index contributed by atoms with van der Waals surface area (Å²) < 4.78 is 96.1. The van der Waals surface area contributed by atoms with Crippen LogP contribution in [0.2, 0.25) is 0 Å². The number of hydrogen-bond donors (Lipinski definition) is 20. The fourth-order valence-electron chi connectivity index (χ4n) is 11.0. The Labute approximate surface area is 517 Å². The van der Waals surface area contributed by atoms with Crippen molar-refractivity contribution in [1.29, 1.82) is 0 Å². The summed E-state index contributed by atoms with van der Waals surface area (Å²) >= 11 is 0. The average molecular weight is 1340 g/mol. The molecule has 0 saturated carbocycles. The molecule has 31 atom stereocenters. The second-order valence-electron chi connectivity index (χ2n) is 23.5. The number of unbranched alkanes of at least 4 members (excludes halogenated alkanes) is 2. The highest BCUT2D eigenvalue weighted by Crippen LogP contribution is 2.56. The van der Waals surface area contributed by atoms with Gasteiger partial charge in [0.1, 0.15) is 152 Å². The molecule has 0 aliphatic carbocycles. The number of aliphatic hydroxyl groups is 16. The van der Waals surface area contributed by atoms with Crippen LogP contribution in [0.1, 0.15) is 60.8 Å². The molecule has 21 N–H and O–H groups in total. The number of rotatable bonds is 30. The Bertz CT molecular complexity index is 2240. The van der Waals surface area contributed by atoms with Crippen LogP contribution in [0.15, 0.2) is 0 Å². The molecule has 90 heavy (non-hydrogen) atoms. The van der Waals surface area contributed by atoms with Crippen LogP contribution in [0.25, 0.3) is 0 Å². The van der Waals surface area contributed by atoms with Crippen molar-refractivity contribution >= 4 is 19.4 Å². The predicted molar refractivity (Wildman–Crippen MR) is 293 cm³/mol. The summed E-state index contributed by atoms with van der Waals surface area (Å²) in [5.41, 5.74) is 5.55. The van der Waals surface area contributed by atoms with E-state index < -0.39 is 248 Å². The summed E-state index contributed by atoms with van der Waals surface area (Å²) in [5.74, 6) is -1.75. The van der Waals surface area contributed by atoms with E-state index in [1.54, 1.807) is 13.8 Å². The average Bonchev–Trinajstić information content (AvgIpc) is 1.55. The second-order valence-corrected chi connectivity index (χ2v) is 25.9. The van der Waals surface area contributed by atoms with E-state index >= 15 is 0 Å². The van der Waals surface area contributed by atoms with Crippen molar-refractivity contribution in [2.75, 3.05) is 59.4 Å². The van der Waals surface area contributed by atoms with E-state index in [1.807, 2.05) is 0 Å². The van der Waals surface area contributed by atoms with Gasteiger partial charge in [0, 0.05) is 20.5 Å². The van der Waals surface area contributed by atoms with Gasteiger partial charge in [0.15, 0.2) is 36.8 Å². The van der Waals surface area contributed by atoms with Gasteiger partial charge in [0.2, 0.25) is 11.8 Å². The van der Waals surface area contributed by atoms with Crippen molar-refractivity contribution in [2.24, 2.45) is 5.73 Å². The first-order valence-corrected chi connectivity index (χ1v) is 31.2. The van der Waals surface area contributed by atoms with Crippen molar-refractivity contribution < 1.29 is 167 Å². The molecular weight excluding hydrogens is 1240 g/mol. The quantitative estimate of drug-likeness (QED) is 0.0235. The van der Waals surface area contributed by atoms with Crippen LogP contribution >= 0.6 is 7.60 Å². The lowest BCUT2D eigenvalue weighted by Gasteiger charge is -2.52. The lowest BCUT2D eigenvalue weighted by molar-refractivity contribution is -0.391. The van der Waals surface area contributed by atoms with Crippen LogP contribution in [-0.4, -0.2) is 353 Å². The highest BCUT2D eigenvalue weighted by molar-refractivity contribution is 7.54. The molecule has 31 unspecified atom stereocenters. The number of nitrogens with two attached hydrogens (primary N) is 1. The molecule has 6 aliphatic rings. The lowest BCUT2D eigenvalue weighted by atomic mass is 9.92. The fourth-order valence-corrected chi connectivity index (χ4v) is 11.9. The topological polar surface area (TPSA) is 574 Å². The largest absolute Gasteiger partial charge is 0.394 e. The van der Waals surface area contributed by atoms with Gasteiger partial charge in [-0.2, -0.15) is 0 Å². The number of aliphatic hydroxyl groups excluding tert-OH is 16. The summed E-state index contributed by atoms with van der Waals surface area (Å²) in [5, 5.41) is 180. The molecular formula is C52H94N3O34P. The maximum atomic E-state index is 13.6. The first-order chi connectivity index (χ1) is 42.4. The summed E-state index contributed by atoms with van der Waals surface area (Å²) in [7, 11) is -4.75. The zero-order chi connectivity index (χ0) is 66.9. The third-order valence-corrected chi connectivity index (χ3v) is 18.2. The van der Waals surface area contributed by atoms with Gasteiger partial charge >= 0.3 is 7.60 Å². The molecule has 0 bridgehead atoms. The summed E-state index contributed by atoms with van der Waals surface area (Å²) in [6, 6.07) is -3.63. The molecule has 0 aromatic rings. The van der Waals surface area contributed by atoms with Gasteiger partial charge in [-0.25, -0.2) is 0 Å². The number of carbonyl (C=O) groups is 2. The Kier molecular flexibility index (Phi) is 29.2. The van der Waals surface area contributed by atoms with E-state index in [0.717, 1.165) is 13.8 Å². The van der Waals surface area contributed by atoms with Crippen LogP contribution in [0.4, 0.5) is 0 Å². The number of hydrogen-bond acceptors (Lipinski definition) is 34. The van der Waals surface area contributed by atoms with Gasteiger partial charge in [0.05, 0.1) is 52.4 Å². The minimum absolute atomic E-state index is 0.0484. The maximum absolute atomic E-state index is 13.6. The van der Waals surface area contributed by atoms with Crippen LogP contribution < -0.4 is 16.4 Å². The van der Waals surface area contributed by atoms with Crippen molar-refractivity contribution in [3.63, 3.8) is 0 Å². The van der Waals surface area contributed by atoms with Gasteiger partial charge < -0.3 is 169 Å². The molecule has 526 valence electrons. The molecule has 2 amide bonds. The van der Waals surface area contributed by atoms with E-state index in [9.17, 15) is 101 Å². The SMILES string of the molecule is CC(=O)NC1C(OC2C(CO)OC(OC3C(CO)OC(OC4C(O)C(CO)OC(COP(=O)(O)C(C)(C)OCCCCCN)C4O)C(NC(C)=O)C3OC3OC(CO)C(O)C(O)C3O)C(O)C2O)OC(CO)C(O)C1OC1OC(COC(C)C)C(O)C(O)C1O. The Balaban J connectivity index is 1.30. The first-order valence-electron chi connectivity index (χ1n) is 29.6. The predicted octanol–water partition coefficient (Wildman–Crippen LogP) is -10.2. The number of nitrogens with one attached hydrogen (secondary N) is 2. The molecule has 6 saturated heterocycles. The van der Waals surface area contributed by atoms with Crippen molar-refractivity contribution in [3.8, 4) is 0 Å². The van der Waals surface area contributed by atoms with Crippen LogP contribution in [0, 0.1) is 0 Å². The molecule has 37 nitrogen and oxygen atoms in total. The van der Waals surface area contributed by atoms with Gasteiger partial charge in [-0.3, -0.25) is 14.2 Å². The molecule has 0 aromatic heterocycles. The summed E-state index contributed by atoms with van der Waals surface area (Å²) in [6.07, 6.45) is -52.7. The molecule has 6 fully saturated rings. The second kappa shape index (κ2) is 34.2. The van der Waals surface area contributed by atoms with Crippen LogP contribution in [0.3, 0.4) is 0 Å². The van der Waals surface area contributed by atoms with Crippen molar-refractivity contribution in [2.45, 2.75) is 256 Å². The van der Waals surface area contributed by atoms with Crippen LogP contribution in [0.5, 0.6) is 0 Å². The minimum Gasteiger partial charge on any atom is -0.394 e. The summed E-state index contributed by atoms with van der Waals surface area (Å²) in [6.45, 7) is 1.98. The highest BCUT2D eigenvalue weighted by atomic mass is 31.2. The van der Waals surface area contributed by atoms with Crippen molar-refractivity contribution in [1.82, 2.24) is 10.6 Å².